The van der Waals surface area contributed by atoms with E-state index in [0.29, 0.717) is 17.0 Å². The van der Waals surface area contributed by atoms with E-state index in [1.807, 2.05) is 0 Å². The molecule has 0 amide bonds. The highest BCUT2D eigenvalue weighted by Gasteiger charge is 2.13. The highest BCUT2D eigenvalue weighted by Crippen LogP contribution is 2.36. The van der Waals surface area contributed by atoms with Crippen molar-refractivity contribution in [1.29, 1.82) is 0 Å². The van der Waals surface area contributed by atoms with Crippen molar-refractivity contribution in [3.05, 3.63) is 66.9 Å². The molecule has 1 heterocycles. The second kappa shape index (κ2) is 7.10. The molecule has 120 valence electrons. The van der Waals surface area contributed by atoms with Crippen LogP contribution in [0.3, 0.4) is 0 Å². The van der Waals surface area contributed by atoms with Gasteiger partial charge in [0.25, 0.3) is 0 Å². The molecule has 24 heavy (non-hydrogen) atoms. The lowest BCUT2D eigenvalue weighted by Gasteiger charge is -2.07. The van der Waals surface area contributed by atoms with Gasteiger partial charge in [0.2, 0.25) is 0 Å². The molecule has 0 fully saturated rings. The van der Waals surface area contributed by atoms with E-state index in [2.05, 4.69) is 15.5 Å². The standard InChI is InChI=1S/C17H13N3O4/c21-12-5-3-6-13(11-12)23-19-20-24-16-9-4-8-15(22)17(16)14-7-1-2-10-18-14/h1-11,21-22H. The van der Waals surface area contributed by atoms with E-state index >= 15 is 0 Å². The quantitative estimate of drug-likeness (QED) is 0.548. The van der Waals surface area contributed by atoms with Crippen LogP contribution in [0.4, 0.5) is 0 Å². The molecule has 0 aliphatic heterocycles. The summed E-state index contributed by atoms with van der Waals surface area (Å²) >= 11 is 0. The number of phenolic OH excluding ortho intramolecular Hbond substituents is 2. The third-order valence-corrected chi connectivity index (χ3v) is 3.06. The predicted molar refractivity (Wildman–Crippen MR) is 85.6 cm³/mol. The predicted octanol–water partition coefficient (Wildman–Crippen LogP) is 3.90. The number of hydrogen-bond donors (Lipinski definition) is 2. The summed E-state index contributed by atoms with van der Waals surface area (Å²) in [5.41, 5.74) is 0.934. The Hall–Kier alpha value is -3.61. The average molecular weight is 323 g/mol. The van der Waals surface area contributed by atoms with Crippen LogP contribution >= 0.6 is 0 Å². The van der Waals surface area contributed by atoms with Crippen molar-refractivity contribution in [2.75, 3.05) is 0 Å². The van der Waals surface area contributed by atoms with Crippen LogP contribution in [0.5, 0.6) is 23.0 Å². The summed E-state index contributed by atoms with van der Waals surface area (Å²) in [4.78, 5) is 14.4. The molecule has 1 aromatic heterocycles. The maximum atomic E-state index is 10.1. The van der Waals surface area contributed by atoms with Crippen LogP contribution in [0.15, 0.2) is 77.4 Å². The monoisotopic (exact) mass is 323 g/mol. The van der Waals surface area contributed by atoms with Crippen LogP contribution in [0, 0.1) is 0 Å². The lowest BCUT2D eigenvalue weighted by molar-refractivity contribution is 0.208. The van der Waals surface area contributed by atoms with Gasteiger partial charge in [0.15, 0.2) is 11.5 Å². The number of pyridine rings is 1. The Bertz CT molecular complexity index is 853. The minimum atomic E-state index is 0.00954. The average Bonchev–Trinajstić information content (AvgIpc) is 2.60. The Kier molecular flexibility index (Phi) is 4.52. The van der Waals surface area contributed by atoms with Crippen LogP contribution in [0.2, 0.25) is 0 Å². The van der Waals surface area contributed by atoms with E-state index < -0.39 is 0 Å². The van der Waals surface area contributed by atoms with Gasteiger partial charge >= 0.3 is 0 Å². The van der Waals surface area contributed by atoms with Crippen molar-refractivity contribution in [2.24, 2.45) is 10.6 Å². The number of rotatable bonds is 5. The molecule has 0 saturated carbocycles. The van der Waals surface area contributed by atoms with Gasteiger partial charge in [-0.25, -0.2) is 0 Å². The van der Waals surface area contributed by atoms with E-state index in [1.165, 1.54) is 18.2 Å². The van der Waals surface area contributed by atoms with E-state index in [1.54, 1.807) is 48.7 Å². The van der Waals surface area contributed by atoms with E-state index in [0.717, 1.165) is 0 Å². The van der Waals surface area contributed by atoms with Gasteiger partial charge in [-0.05, 0) is 36.4 Å². The number of phenols is 2. The largest absolute Gasteiger partial charge is 0.508 e. The summed E-state index contributed by atoms with van der Waals surface area (Å²) < 4.78 is 0. The first-order valence-electron chi connectivity index (χ1n) is 7.01. The maximum absolute atomic E-state index is 10.1. The van der Waals surface area contributed by atoms with Crippen molar-refractivity contribution < 1.29 is 19.9 Å². The highest BCUT2D eigenvalue weighted by atomic mass is 16.7. The molecule has 3 rings (SSSR count). The molecule has 0 atom stereocenters. The number of aromatic hydroxyl groups is 2. The molecule has 2 aromatic carbocycles. The summed E-state index contributed by atoms with van der Waals surface area (Å²) in [6.07, 6.45) is 1.61. The third kappa shape index (κ3) is 3.58. The van der Waals surface area contributed by atoms with Crippen molar-refractivity contribution in [3.63, 3.8) is 0 Å². The summed E-state index contributed by atoms with van der Waals surface area (Å²) in [7, 11) is 0. The third-order valence-electron chi connectivity index (χ3n) is 3.06. The maximum Gasteiger partial charge on any atom is 0.173 e. The SMILES string of the molecule is Oc1cccc(ON=NOc2cccc(O)c2-c2ccccn2)c1. The molecule has 0 radical (unpaired) electrons. The van der Waals surface area contributed by atoms with Crippen molar-refractivity contribution in [2.45, 2.75) is 0 Å². The first-order chi connectivity index (χ1) is 11.7. The second-order valence-electron chi connectivity index (χ2n) is 4.71. The van der Waals surface area contributed by atoms with Gasteiger partial charge in [0, 0.05) is 12.3 Å². The fraction of sp³-hybridized carbons (Fsp3) is 0. The van der Waals surface area contributed by atoms with Crippen molar-refractivity contribution in [3.8, 4) is 34.3 Å². The van der Waals surface area contributed by atoms with Crippen LogP contribution in [-0.2, 0) is 0 Å². The van der Waals surface area contributed by atoms with Crippen LogP contribution in [-0.4, -0.2) is 15.2 Å². The molecule has 0 aliphatic carbocycles. The molecular weight excluding hydrogens is 310 g/mol. The first kappa shape index (κ1) is 15.3. The van der Waals surface area contributed by atoms with E-state index in [4.69, 9.17) is 9.68 Å². The van der Waals surface area contributed by atoms with Crippen LogP contribution in [0.1, 0.15) is 0 Å². The minimum absolute atomic E-state index is 0.00954. The van der Waals surface area contributed by atoms with Gasteiger partial charge in [0.05, 0.1) is 21.8 Å². The van der Waals surface area contributed by atoms with Crippen molar-refractivity contribution >= 4 is 0 Å². The Balaban J connectivity index is 1.76. The lowest BCUT2D eigenvalue weighted by atomic mass is 10.1. The van der Waals surface area contributed by atoms with Gasteiger partial charge < -0.3 is 19.9 Å². The molecule has 2 N–H and O–H groups in total. The van der Waals surface area contributed by atoms with Gasteiger partial charge in [-0.15, -0.1) is 0 Å². The van der Waals surface area contributed by atoms with E-state index in [-0.39, 0.29) is 17.2 Å². The summed E-state index contributed by atoms with van der Waals surface area (Å²) in [6, 6.07) is 16.2. The zero-order valence-electron chi connectivity index (χ0n) is 12.4. The Labute approximate surface area is 137 Å². The Morgan fingerprint density at radius 2 is 1.67 bits per heavy atom. The van der Waals surface area contributed by atoms with Crippen LogP contribution in [0.25, 0.3) is 11.3 Å². The molecule has 0 saturated heterocycles. The fourth-order valence-corrected chi connectivity index (χ4v) is 2.03. The molecule has 7 heteroatoms. The van der Waals surface area contributed by atoms with E-state index in [9.17, 15) is 10.2 Å². The molecule has 3 aromatic rings. The van der Waals surface area contributed by atoms with Gasteiger partial charge in [-0.3, -0.25) is 4.98 Å². The number of hydrogen-bond acceptors (Lipinski definition) is 7. The Morgan fingerprint density at radius 1 is 0.833 bits per heavy atom. The Morgan fingerprint density at radius 3 is 2.46 bits per heavy atom. The lowest BCUT2D eigenvalue weighted by Crippen LogP contribution is -1.91. The van der Waals surface area contributed by atoms with Crippen LogP contribution < -0.4 is 9.68 Å². The zero-order chi connectivity index (χ0) is 16.8. The summed E-state index contributed by atoms with van der Waals surface area (Å²) in [6.45, 7) is 0. The minimum Gasteiger partial charge on any atom is -0.508 e. The molecule has 0 aliphatic rings. The number of aromatic nitrogens is 1. The molecule has 7 nitrogen and oxygen atoms in total. The summed E-state index contributed by atoms with van der Waals surface area (Å²) in [5.74, 6) is 0.643. The molecular formula is C17H13N3O4. The van der Waals surface area contributed by atoms with Gasteiger partial charge in [-0.2, -0.15) is 0 Å². The summed E-state index contributed by atoms with van der Waals surface area (Å²) in [5, 5.41) is 26.3. The number of nitrogens with zero attached hydrogens (tertiary/aromatic N) is 3. The topological polar surface area (TPSA) is 96.5 Å². The normalized spacial score (nSPS) is 10.7. The fourth-order valence-electron chi connectivity index (χ4n) is 2.03. The van der Waals surface area contributed by atoms with Crippen molar-refractivity contribution in [1.82, 2.24) is 4.98 Å². The smallest absolute Gasteiger partial charge is 0.173 e. The molecule has 0 spiro atoms. The highest BCUT2D eigenvalue weighted by molar-refractivity contribution is 5.73. The zero-order valence-corrected chi connectivity index (χ0v) is 12.4. The molecule has 0 unspecified atom stereocenters. The van der Waals surface area contributed by atoms with Gasteiger partial charge in [-0.1, -0.05) is 18.2 Å². The number of benzene rings is 2. The second-order valence-corrected chi connectivity index (χ2v) is 4.71. The molecule has 0 bridgehead atoms. The van der Waals surface area contributed by atoms with Gasteiger partial charge in [0.1, 0.15) is 11.5 Å². The first-order valence-corrected chi connectivity index (χ1v) is 7.01.